The first-order valence-electron chi connectivity index (χ1n) is 8.29. The Morgan fingerprint density at radius 1 is 0.857 bits per heavy atom. The van der Waals surface area contributed by atoms with Gasteiger partial charge in [-0.2, -0.15) is 0 Å². The largest absolute Gasteiger partial charge is 0.480 e. The molecule has 0 aliphatic carbocycles. The van der Waals surface area contributed by atoms with E-state index >= 15 is 0 Å². The van der Waals surface area contributed by atoms with E-state index < -0.39 is 60.6 Å². The summed E-state index contributed by atoms with van der Waals surface area (Å²) in [5.41, 5.74) is 16.2. The Morgan fingerprint density at radius 2 is 1.39 bits per heavy atom. The highest BCUT2D eigenvalue weighted by atomic mass is 16.4. The van der Waals surface area contributed by atoms with Crippen LogP contribution in [0.3, 0.4) is 0 Å². The lowest BCUT2D eigenvalue weighted by Gasteiger charge is -2.22. The number of carbonyl (C=O) groups is 5. The van der Waals surface area contributed by atoms with Gasteiger partial charge in [0.05, 0.1) is 18.9 Å². The van der Waals surface area contributed by atoms with Crippen LogP contribution in [-0.2, 0) is 30.4 Å². The highest BCUT2D eigenvalue weighted by Gasteiger charge is 2.29. The van der Waals surface area contributed by atoms with E-state index in [4.69, 9.17) is 17.2 Å². The number of nitrogens with two attached hydrogens (primary N) is 3. The molecule has 0 fully saturated rings. The molecule has 9 N–H and O–H groups in total. The van der Waals surface area contributed by atoms with Crippen LogP contribution in [0, 0.1) is 0 Å². The molecule has 0 radical (unpaired) electrons. The number of rotatable bonds is 11. The standard InChI is InChI=1S/C17H23N5O6/c18-10(7-13(19)23)15(25)21-11(8-14(20)24)16(26)22-12(17(27)28)6-9-4-2-1-3-5-9/h1-5,10-12H,6-8,18H2,(H2,19,23)(H2,20,24)(H,21,25)(H,22,26)(H,27,28)/t10-,11-,12-/m0/s1. The number of carboxylic acid groups (broad SMARTS) is 1. The Labute approximate surface area is 160 Å². The van der Waals surface area contributed by atoms with E-state index in [2.05, 4.69) is 10.6 Å². The van der Waals surface area contributed by atoms with Gasteiger partial charge < -0.3 is 32.9 Å². The van der Waals surface area contributed by atoms with Crippen molar-refractivity contribution in [3.05, 3.63) is 35.9 Å². The van der Waals surface area contributed by atoms with Crippen molar-refractivity contribution in [2.24, 2.45) is 17.2 Å². The second-order valence-electron chi connectivity index (χ2n) is 6.10. The Balaban J connectivity index is 2.86. The number of aliphatic carboxylic acids is 1. The van der Waals surface area contributed by atoms with Gasteiger partial charge in [-0.3, -0.25) is 19.2 Å². The first-order valence-corrected chi connectivity index (χ1v) is 8.29. The van der Waals surface area contributed by atoms with Crippen LogP contribution in [0.1, 0.15) is 18.4 Å². The van der Waals surface area contributed by atoms with Crippen molar-refractivity contribution in [1.29, 1.82) is 0 Å². The van der Waals surface area contributed by atoms with Crippen molar-refractivity contribution in [3.8, 4) is 0 Å². The van der Waals surface area contributed by atoms with E-state index in [1.165, 1.54) is 0 Å². The van der Waals surface area contributed by atoms with Crippen LogP contribution in [0.25, 0.3) is 0 Å². The van der Waals surface area contributed by atoms with Gasteiger partial charge in [-0.05, 0) is 5.56 Å². The van der Waals surface area contributed by atoms with Gasteiger partial charge in [0.2, 0.25) is 23.6 Å². The summed E-state index contributed by atoms with van der Waals surface area (Å²) in [5, 5.41) is 13.8. The summed E-state index contributed by atoms with van der Waals surface area (Å²) in [5.74, 6) is -4.87. The van der Waals surface area contributed by atoms with Gasteiger partial charge >= 0.3 is 5.97 Å². The molecule has 3 atom stereocenters. The summed E-state index contributed by atoms with van der Waals surface area (Å²) in [6, 6.07) is 4.47. The van der Waals surface area contributed by atoms with Gasteiger partial charge in [0.1, 0.15) is 12.1 Å². The fourth-order valence-corrected chi connectivity index (χ4v) is 2.32. The monoisotopic (exact) mass is 393 g/mol. The molecule has 0 heterocycles. The average molecular weight is 393 g/mol. The van der Waals surface area contributed by atoms with Crippen LogP contribution >= 0.6 is 0 Å². The minimum Gasteiger partial charge on any atom is -0.480 e. The van der Waals surface area contributed by atoms with Crippen molar-refractivity contribution in [1.82, 2.24) is 10.6 Å². The maximum atomic E-state index is 12.4. The van der Waals surface area contributed by atoms with E-state index in [9.17, 15) is 29.1 Å². The highest BCUT2D eigenvalue weighted by Crippen LogP contribution is 2.05. The molecular formula is C17H23N5O6. The highest BCUT2D eigenvalue weighted by molar-refractivity contribution is 5.95. The maximum absolute atomic E-state index is 12.4. The lowest BCUT2D eigenvalue weighted by molar-refractivity contribution is -0.142. The minimum absolute atomic E-state index is 0.0136. The molecule has 0 saturated heterocycles. The second-order valence-corrected chi connectivity index (χ2v) is 6.10. The summed E-state index contributed by atoms with van der Waals surface area (Å²) >= 11 is 0. The third-order valence-electron chi connectivity index (χ3n) is 3.69. The maximum Gasteiger partial charge on any atom is 0.326 e. The fourth-order valence-electron chi connectivity index (χ4n) is 2.32. The Kier molecular flexibility index (Phi) is 8.56. The zero-order valence-electron chi connectivity index (χ0n) is 15.0. The Morgan fingerprint density at radius 3 is 1.89 bits per heavy atom. The van der Waals surface area contributed by atoms with Gasteiger partial charge in [-0.15, -0.1) is 0 Å². The Bertz CT molecular complexity index is 739. The molecule has 4 amide bonds. The van der Waals surface area contributed by atoms with Crippen molar-refractivity contribution < 1.29 is 29.1 Å². The van der Waals surface area contributed by atoms with E-state index in [1.807, 2.05) is 0 Å². The predicted molar refractivity (Wildman–Crippen MR) is 97.2 cm³/mol. The van der Waals surface area contributed by atoms with E-state index in [-0.39, 0.29) is 6.42 Å². The van der Waals surface area contributed by atoms with Crippen molar-refractivity contribution in [2.45, 2.75) is 37.4 Å². The Hall–Kier alpha value is -3.47. The quantitative estimate of drug-likeness (QED) is 0.235. The minimum atomic E-state index is -1.46. The number of nitrogens with one attached hydrogen (secondary N) is 2. The van der Waals surface area contributed by atoms with Crippen LogP contribution < -0.4 is 27.8 Å². The summed E-state index contributed by atoms with van der Waals surface area (Å²) in [6.45, 7) is 0. The van der Waals surface area contributed by atoms with Gasteiger partial charge in [-0.1, -0.05) is 30.3 Å². The molecule has 0 spiro atoms. The van der Waals surface area contributed by atoms with E-state index in [0.29, 0.717) is 5.56 Å². The molecular weight excluding hydrogens is 370 g/mol. The number of primary amides is 2. The average Bonchev–Trinajstić information content (AvgIpc) is 2.60. The molecule has 11 heteroatoms. The number of carbonyl (C=O) groups excluding carboxylic acids is 4. The van der Waals surface area contributed by atoms with Crippen LogP contribution in [0.5, 0.6) is 0 Å². The lowest BCUT2D eigenvalue weighted by atomic mass is 10.0. The molecule has 28 heavy (non-hydrogen) atoms. The number of amides is 4. The fraction of sp³-hybridized carbons (Fsp3) is 0.353. The number of hydrogen-bond donors (Lipinski definition) is 6. The van der Waals surface area contributed by atoms with Crippen LogP contribution in [0.4, 0.5) is 0 Å². The van der Waals surface area contributed by atoms with Gasteiger partial charge in [0.25, 0.3) is 0 Å². The predicted octanol–water partition coefficient (Wildman–Crippen LogP) is -2.64. The molecule has 0 unspecified atom stereocenters. The van der Waals surface area contributed by atoms with E-state index in [1.54, 1.807) is 30.3 Å². The summed E-state index contributed by atoms with van der Waals surface area (Å²) in [4.78, 5) is 58.0. The van der Waals surface area contributed by atoms with Gasteiger partial charge in [-0.25, -0.2) is 4.79 Å². The molecule has 11 nitrogen and oxygen atoms in total. The molecule has 1 aromatic rings. The topological polar surface area (TPSA) is 208 Å². The van der Waals surface area contributed by atoms with Crippen LogP contribution in [-0.4, -0.2) is 52.8 Å². The first kappa shape index (κ1) is 22.6. The van der Waals surface area contributed by atoms with E-state index in [0.717, 1.165) is 0 Å². The molecule has 0 aliphatic heterocycles. The third kappa shape index (κ3) is 7.83. The number of benzene rings is 1. The molecule has 0 saturated carbocycles. The van der Waals surface area contributed by atoms with Crippen LogP contribution in [0.15, 0.2) is 30.3 Å². The smallest absolute Gasteiger partial charge is 0.326 e. The van der Waals surface area contributed by atoms with Crippen molar-refractivity contribution in [3.63, 3.8) is 0 Å². The molecule has 1 rings (SSSR count). The summed E-state index contributed by atoms with van der Waals surface area (Å²) in [7, 11) is 0. The molecule has 1 aromatic carbocycles. The van der Waals surface area contributed by atoms with Crippen molar-refractivity contribution >= 4 is 29.6 Å². The molecule has 0 aromatic heterocycles. The SMILES string of the molecule is NC(=O)C[C@H](NC(=O)[C@@H](N)CC(N)=O)C(=O)N[C@@H](Cc1ccccc1)C(=O)O. The van der Waals surface area contributed by atoms with Crippen LogP contribution in [0.2, 0.25) is 0 Å². The number of hydrogen-bond acceptors (Lipinski definition) is 6. The second kappa shape index (κ2) is 10.6. The first-order chi connectivity index (χ1) is 13.1. The third-order valence-corrected chi connectivity index (χ3v) is 3.69. The van der Waals surface area contributed by atoms with Crippen molar-refractivity contribution in [2.75, 3.05) is 0 Å². The van der Waals surface area contributed by atoms with Gasteiger partial charge in [0.15, 0.2) is 0 Å². The normalized spacial score (nSPS) is 13.6. The lowest BCUT2D eigenvalue weighted by Crippen LogP contribution is -2.56. The van der Waals surface area contributed by atoms with Gasteiger partial charge in [0, 0.05) is 6.42 Å². The number of carboxylic acids is 1. The molecule has 0 aliphatic rings. The summed E-state index contributed by atoms with van der Waals surface area (Å²) in [6.07, 6.45) is -1.07. The molecule has 0 bridgehead atoms. The zero-order valence-corrected chi connectivity index (χ0v) is 15.0. The summed E-state index contributed by atoms with van der Waals surface area (Å²) < 4.78 is 0. The molecule has 152 valence electrons. The zero-order chi connectivity index (χ0) is 21.3.